The number of thioether (sulfide) groups is 1. The van der Waals surface area contributed by atoms with Crippen molar-refractivity contribution in [2.24, 2.45) is 0 Å². The molecule has 2 atom stereocenters. The molecule has 0 radical (unpaired) electrons. The Morgan fingerprint density at radius 3 is 2.44 bits per heavy atom. The standard InChI is InChI=1S/C19H24N2O5S/c1-13(19(24)25)27-16-7-3-2-5-14(16)17(22)20-8-10-21(11-9-20)18(23)15-6-4-12-26-15/h2-3,5,7,13,15H,4,6,8-12H2,1H3,(H,24,25). The summed E-state index contributed by atoms with van der Waals surface area (Å²) in [6, 6.07) is 7.07. The highest BCUT2D eigenvalue weighted by Gasteiger charge is 2.32. The molecule has 2 heterocycles. The van der Waals surface area contributed by atoms with Gasteiger partial charge in [-0.25, -0.2) is 0 Å². The van der Waals surface area contributed by atoms with E-state index in [0.717, 1.165) is 24.6 Å². The van der Waals surface area contributed by atoms with E-state index in [4.69, 9.17) is 9.84 Å². The van der Waals surface area contributed by atoms with E-state index in [0.29, 0.717) is 43.2 Å². The van der Waals surface area contributed by atoms with Gasteiger partial charge in [-0.15, -0.1) is 11.8 Å². The van der Waals surface area contributed by atoms with Crippen LogP contribution in [0.4, 0.5) is 0 Å². The van der Waals surface area contributed by atoms with Crippen LogP contribution in [0.25, 0.3) is 0 Å². The average Bonchev–Trinajstić information content (AvgIpc) is 3.22. The van der Waals surface area contributed by atoms with E-state index in [9.17, 15) is 14.4 Å². The topological polar surface area (TPSA) is 87.2 Å². The van der Waals surface area contributed by atoms with E-state index < -0.39 is 11.2 Å². The zero-order valence-corrected chi connectivity index (χ0v) is 16.1. The van der Waals surface area contributed by atoms with Gasteiger partial charge >= 0.3 is 5.97 Å². The van der Waals surface area contributed by atoms with E-state index in [1.807, 2.05) is 0 Å². The first-order valence-corrected chi connectivity index (χ1v) is 10.0. The Morgan fingerprint density at radius 1 is 1.15 bits per heavy atom. The number of carbonyl (C=O) groups excluding carboxylic acids is 2. The third-order valence-electron chi connectivity index (χ3n) is 4.85. The molecule has 146 valence electrons. The molecular formula is C19H24N2O5S. The van der Waals surface area contributed by atoms with Crippen molar-refractivity contribution >= 4 is 29.5 Å². The molecule has 2 amide bonds. The number of nitrogens with zero attached hydrogens (tertiary/aromatic N) is 2. The largest absolute Gasteiger partial charge is 0.480 e. The quantitative estimate of drug-likeness (QED) is 0.768. The van der Waals surface area contributed by atoms with Crippen molar-refractivity contribution in [3.63, 3.8) is 0 Å². The van der Waals surface area contributed by atoms with Gasteiger partial charge in [0.2, 0.25) is 0 Å². The Morgan fingerprint density at radius 2 is 1.81 bits per heavy atom. The number of carboxylic acid groups (broad SMARTS) is 1. The highest BCUT2D eigenvalue weighted by Crippen LogP contribution is 2.28. The Balaban J connectivity index is 1.62. The molecule has 8 heteroatoms. The van der Waals surface area contributed by atoms with Crippen LogP contribution in [0.15, 0.2) is 29.2 Å². The number of hydrogen-bond donors (Lipinski definition) is 1. The second kappa shape index (κ2) is 8.75. The van der Waals surface area contributed by atoms with Crippen LogP contribution in [0, 0.1) is 0 Å². The van der Waals surface area contributed by atoms with Gasteiger partial charge in [0.15, 0.2) is 0 Å². The average molecular weight is 392 g/mol. The first kappa shape index (κ1) is 19.7. The molecule has 0 aromatic heterocycles. The van der Waals surface area contributed by atoms with Gasteiger partial charge in [0.1, 0.15) is 11.4 Å². The molecule has 2 unspecified atom stereocenters. The minimum absolute atomic E-state index is 0.0193. The van der Waals surface area contributed by atoms with E-state index in [-0.39, 0.29) is 17.9 Å². The predicted octanol–water partition coefficient (Wildman–Crippen LogP) is 1.72. The Hall–Kier alpha value is -2.06. The molecule has 7 nitrogen and oxygen atoms in total. The number of benzene rings is 1. The molecule has 0 bridgehead atoms. The van der Waals surface area contributed by atoms with Crippen LogP contribution in [0.2, 0.25) is 0 Å². The lowest BCUT2D eigenvalue weighted by molar-refractivity contribution is -0.142. The maximum absolute atomic E-state index is 12.9. The fourth-order valence-corrected chi connectivity index (χ4v) is 4.18. The molecule has 0 spiro atoms. The summed E-state index contributed by atoms with van der Waals surface area (Å²) in [7, 11) is 0. The van der Waals surface area contributed by atoms with Gasteiger partial charge in [-0.3, -0.25) is 14.4 Å². The smallest absolute Gasteiger partial charge is 0.316 e. The van der Waals surface area contributed by atoms with Crippen LogP contribution in [-0.4, -0.2) is 76.8 Å². The minimum Gasteiger partial charge on any atom is -0.480 e. The summed E-state index contributed by atoms with van der Waals surface area (Å²) in [5.74, 6) is -1.02. The summed E-state index contributed by atoms with van der Waals surface area (Å²) in [4.78, 5) is 40.7. The van der Waals surface area contributed by atoms with Gasteiger partial charge in [0.05, 0.1) is 5.56 Å². The van der Waals surface area contributed by atoms with Crippen molar-refractivity contribution < 1.29 is 24.2 Å². The second-order valence-corrected chi connectivity index (χ2v) is 8.10. The summed E-state index contributed by atoms with van der Waals surface area (Å²) < 4.78 is 5.46. The highest BCUT2D eigenvalue weighted by molar-refractivity contribution is 8.00. The zero-order chi connectivity index (χ0) is 19.4. The molecule has 3 rings (SSSR count). The monoisotopic (exact) mass is 392 g/mol. The van der Waals surface area contributed by atoms with Crippen LogP contribution < -0.4 is 0 Å². The summed E-state index contributed by atoms with van der Waals surface area (Å²) in [6.07, 6.45) is 1.35. The van der Waals surface area contributed by atoms with Gasteiger partial charge in [-0.1, -0.05) is 12.1 Å². The van der Waals surface area contributed by atoms with Crippen molar-refractivity contribution in [2.75, 3.05) is 32.8 Å². The third kappa shape index (κ3) is 4.62. The van der Waals surface area contributed by atoms with Crippen molar-refractivity contribution in [2.45, 2.75) is 36.0 Å². The lowest BCUT2D eigenvalue weighted by atomic mass is 10.1. The summed E-state index contributed by atoms with van der Waals surface area (Å²) in [5.41, 5.74) is 0.509. The van der Waals surface area contributed by atoms with E-state index in [1.165, 1.54) is 0 Å². The maximum Gasteiger partial charge on any atom is 0.316 e. The molecular weight excluding hydrogens is 368 g/mol. The number of amides is 2. The van der Waals surface area contributed by atoms with E-state index >= 15 is 0 Å². The van der Waals surface area contributed by atoms with E-state index in [2.05, 4.69) is 0 Å². The SMILES string of the molecule is CC(Sc1ccccc1C(=O)N1CCN(C(=O)C2CCCO2)CC1)C(=O)O. The van der Waals surface area contributed by atoms with Crippen LogP contribution in [0.5, 0.6) is 0 Å². The summed E-state index contributed by atoms with van der Waals surface area (Å²) in [5, 5.41) is 8.49. The van der Waals surface area contributed by atoms with Crippen LogP contribution in [0.3, 0.4) is 0 Å². The minimum atomic E-state index is -0.913. The molecule has 0 saturated carbocycles. The fraction of sp³-hybridized carbons (Fsp3) is 0.526. The Labute approximate surface area is 162 Å². The molecule has 1 aromatic rings. The Bertz CT molecular complexity index is 712. The number of piperazine rings is 1. The number of carbonyl (C=O) groups is 3. The highest BCUT2D eigenvalue weighted by atomic mass is 32.2. The van der Waals surface area contributed by atoms with Gasteiger partial charge in [0.25, 0.3) is 11.8 Å². The molecule has 2 saturated heterocycles. The van der Waals surface area contributed by atoms with Crippen molar-refractivity contribution in [3.05, 3.63) is 29.8 Å². The number of hydrogen-bond acceptors (Lipinski definition) is 5. The van der Waals surface area contributed by atoms with Gasteiger partial charge in [-0.05, 0) is 31.9 Å². The molecule has 1 N–H and O–H groups in total. The number of aliphatic carboxylic acids is 1. The molecule has 27 heavy (non-hydrogen) atoms. The predicted molar refractivity (Wildman–Crippen MR) is 101 cm³/mol. The first-order chi connectivity index (χ1) is 13.0. The van der Waals surface area contributed by atoms with Gasteiger partial charge in [-0.2, -0.15) is 0 Å². The third-order valence-corrected chi connectivity index (χ3v) is 6.02. The molecule has 0 aliphatic carbocycles. The number of rotatable bonds is 5. The lowest BCUT2D eigenvalue weighted by Crippen LogP contribution is -2.52. The Kier molecular flexibility index (Phi) is 6.38. The molecule has 2 aliphatic rings. The van der Waals surface area contributed by atoms with Crippen LogP contribution in [-0.2, 0) is 14.3 Å². The van der Waals surface area contributed by atoms with Crippen molar-refractivity contribution in [1.29, 1.82) is 0 Å². The molecule has 2 aliphatic heterocycles. The number of ether oxygens (including phenoxy) is 1. The first-order valence-electron chi connectivity index (χ1n) is 9.15. The van der Waals surface area contributed by atoms with Crippen molar-refractivity contribution in [1.82, 2.24) is 9.80 Å². The summed E-state index contributed by atoms with van der Waals surface area (Å²) in [6.45, 7) is 4.15. The fourth-order valence-electron chi connectivity index (χ4n) is 3.26. The van der Waals surface area contributed by atoms with Crippen LogP contribution >= 0.6 is 11.8 Å². The van der Waals surface area contributed by atoms with Gasteiger partial charge in [0, 0.05) is 37.7 Å². The normalized spacial score (nSPS) is 21.1. The van der Waals surface area contributed by atoms with E-state index in [1.54, 1.807) is 41.0 Å². The van der Waals surface area contributed by atoms with Gasteiger partial charge < -0.3 is 19.6 Å². The lowest BCUT2D eigenvalue weighted by Gasteiger charge is -2.36. The number of carboxylic acids is 1. The molecule has 1 aromatic carbocycles. The zero-order valence-electron chi connectivity index (χ0n) is 15.3. The molecule has 2 fully saturated rings. The van der Waals surface area contributed by atoms with Crippen LogP contribution in [0.1, 0.15) is 30.1 Å². The summed E-state index contributed by atoms with van der Waals surface area (Å²) >= 11 is 1.16. The second-order valence-electron chi connectivity index (χ2n) is 6.71. The van der Waals surface area contributed by atoms with Crippen molar-refractivity contribution in [3.8, 4) is 0 Å². The maximum atomic E-state index is 12.9.